The number of hydrogen-bond donors (Lipinski definition) is 0. The molecule has 0 N–H and O–H groups in total. The second kappa shape index (κ2) is 6.04. The van der Waals surface area contributed by atoms with Crippen LogP contribution in [-0.4, -0.2) is 13.4 Å². The minimum atomic E-state index is 0.190. The van der Waals surface area contributed by atoms with Gasteiger partial charge in [-0.2, -0.15) is 0 Å². The lowest BCUT2D eigenvalue weighted by atomic mass is 9.94. The van der Waals surface area contributed by atoms with Crippen molar-refractivity contribution in [3.63, 3.8) is 0 Å². The van der Waals surface area contributed by atoms with E-state index < -0.39 is 0 Å². The van der Waals surface area contributed by atoms with Crippen molar-refractivity contribution in [2.45, 2.75) is 32.6 Å². The van der Waals surface area contributed by atoms with E-state index in [2.05, 4.69) is 28.9 Å². The Bertz CT molecular complexity index is 374. The lowest BCUT2D eigenvalue weighted by Gasteiger charge is -2.17. The fourth-order valence-electron chi connectivity index (χ4n) is 1.82. The zero-order valence-corrected chi connectivity index (χ0v) is 11.5. The van der Waals surface area contributed by atoms with E-state index in [1.807, 2.05) is 13.0 Å². The van der Waals surface area contributed by atoms with Gasteiger partial charge in [0.1, 0.15) is 12.0 Å². The van der Waals surface area contributed by atoms with E-state index in [-0.39, 0.29) is 5.92 Å². The van der Waals surface area contributed by atoms with Crippen LogP contribution in [0.5, 0.6) is 5.75 Å². The number of carbonyl (C=O) groups excluding carboxylic acids is 1. The third-order valence-corrected chi connectivity index (χ3v) is 3.18. The van der Waals surface area contributed by atoms with Crippen LogP contribution < -0.4 is 4.74 Å². The molecule has 2 nitrogen and oxygen atoms in total. The highest BCUT2D eigenvalue weighted by molar-refractivity contribution is 9.10. The standard InChI is InChI=1S/C13H17BrO2/c1-4-10-7-11(14)8-12(13(10)16-3)9(2)5-6-15/h6-9H,4-5H2,1-3H3. The molecule has 0 spiro atoms. The third-order valence-electron chi connectivity index (χ3n) is 2.73. The molecule has 1 atom stereocenters. The molecular formula is C13H17BrO2. The summed E-state index contributed by atoms with van der Waals surface area (Å²) in [6.45, 7) is 4.14. The lowest BCUT2D eigenvalue weighted by Crippen LogP contribution is -2.01. The summed E-state index contributed by atoms with van der Waals surface area (Å²) in [5.74, 6) is 1.11. The van der Waals surface area contributed by atoms with Crippen LogP contribution >= 0.6 is 15.9 Å². The zero-order valence-electron chi connectivity index (χ0n) is 9.92. The summed E-state index contributed by atoms with van der Waals surface area (Å²) in [6, 6.07) is 4.10. The van der Waals surface area contributed by atoms with Gasteiger partial charge in [0.25, 0.3) is 0 Å². The van der Waals surface area contributed by atoms with Crippen molar-refractivity contribution in [1.82, 2.24) is 0 Å². The molecule has 3 heteroatoms. The van der Waals surface area contributed by atoms with Gasteiger partial charge in [0, 0.05) is 10.9 Å². The Balaban J connectivity index is 3.24. The first-order valence-corrected chi connectivity index (χ1v) is 6.23. The number of halogens is 1. The molecule has 0 heterocycles. The number of rotatable bonds is 5. The molecule has 1 aromatic rings. The van der Waals surface area contributed by atoms with Gasteiger partial charge in [0.15, 0.2) is 0 Å². The number of carbonyl (C=O) groups is 1. The summed E-state index contributed by atoms with van der Waals surface area (Å²) in [5, 5.41) is 0. The topological polar surface area (TPSA) is 26.3 Å². The largest absolute Gasteiger partial charge is 0.496 e. The van der Waals surface area contributed by atoms with Gasteiger partial charge < -0.3 is 9.53 Å². The number of benzene rings is 1. The number of aryl methyl sites for hydroxylation is 1. The van der Waals surface area contributed by atoms with E-state index in [1.54, 1.807) is 7.11 Å². The molecule has 1 rings (SSSR count). The van der Waals surface area contributed by atoms with Crippen LogP contribution in [0.1, 0.15) is 37.3 Å². The summed E-state index contributed by atoms with van der Waals surface area (Å²) < 4.78 is 6.49. The SMILES string of the molecule is CCc1cc(Br)cc(C(C)CC=O)c1OC. The molecule has 88 valence electrons. The molecule has 0 aliphatic rings. The quantitative estimate of drug-likeness (QED) is 0.771. The predicted octanol–water partition coefficient (Wildman–Crippen LogP) is 3.71. The number of aldehydes is 1. The molecule has 0 saturated heterocycles. The lowest BCUT2D eigenvalue weighted by molar-refractivity contribution is -0.108. The van der Waals surface area contributed by atoms with Gasteiger partial charge >= 0.3 is 0 Å². The highest BCUT2D eigenvalue weighted by atomic mass is 79.9. The van der Waals surface area contributed by atoms with Gasteiger partial charge in [-0.1, -0.05) is 29.8 Å². The van der Waals surface area contributed by atoms with Crippen molar-refractivity contribution in [2.24, 2.45) is 0 Å². The number of ether oxygens (including phenoxy) is 1. The van der Waals surface area contributed by atoms with Crippen molar-refractivity contribution < 1.29 is 9.53 Å². The Morgan fingerprint density at radius 3 is 2.69 bits per heavy atom. The molecule has 0 aliphatic carbocycles. The van der Waals surface area contributed by atoms with E-state index in [0.717, 1.165) is 28.5 Å². The average Bonchev–Trinajstić information content (AvgIpc) is 2.28. The molecule has 1 aromatic carbocycles. The summed E-state index contributed by atoms with van der Waals surface area (Å²) in [7, 11) is 1.68. The van der Waals surface area contributed by atoms with E-state index in [4.69, 9.17) is 4.74 Å². The summed E-state index contributed by atoms with van der Waals surface area (Å²) in [5.41, 5.74) is 2.27. The minimum absolute atomic E-state index is 0.190. The number of hydrogen-bond acceptors (Lipinski definition) is 2. The first-order chi connectivity index (χ1) is 7.63. The van der Waals surface area contributed by atoms with Gasteiger partial charge in [0.05, 0.1) is 7.11 Å². The van der Waals surface area contributed by atoms with Gasteiger partial charge in [-0.15, -0.1) is 0 Å². The predicted molar refractivity (Wildman–Crippen MR) is 69.2 cm³/mol. The molecule has 0 aromatic heterocycles. The molecule has 0 saturated carbocycles. The van der Waals surface area contributed by atoms with Crippen LogP contribution in [0.3, 0.4) is 0 Å². The fourth-order valence-corrected chi connectivity index (χ4v) is 2.35. The molecule has 0 bridgehead atoms. The van der Waals surface area contributed by atoms with Crippen molar-refractivity contribution in [2.75, 3.05) is 7.11 Å². The Morgan fingerprint density at radius 1 is 1.50 bits per heavy atom. The van der Waals surface area contributed by atoms with E-state index >= 15 is 0 Å². The molecular weight excluding hydrogens is 268 g/mol. The Morgan fingerprint density at radius 2 is 2.19 bits per heavy atom. The average molecular weight is 285 g/mol. The maximum atomic E-state index is 10.6. The van der Waals surface area contributed by atoms with Gasteiger partial charge in [-0.05, 0) is 35.6 Å². The Kier molecular flexibility index (Phi) is 5.00. The highest BCUT2D eigenvalue weighted by Crippen LogP contribution is 2.34. The van der Waals surface area contributed by atoms with Crippen molar-refractivity contribution >= 4 is 22.2 Å². The monoisotopic (exact) mass is 284 g/mol. The first-order valence-electron chi connectivity index (χ1n) is 5.43. The molecule has 1 unspecified atom stereocenters. The molecule has 0 radical (unpaired) electrons. The van der Waals surface area contributed by atoms with Crippen LogP contribution in [0.2, 0.25) is 0 Å². The summed E-state index contributed by atoms with van der Waals surface area (Å²) >= 11 is 3.49. The maximum Gasteiger partial charge on any atom is 0.125 e. The number of methoxy groups -OCH3 is 1. The van der Waals surface area contributed by atoms with Crippen molar-refractivity contribution in [1.29, 1.82) is 0 Å². The van der Waals surface area contributed by atoms with Crippen LogP contribution in [0.15, 0.2) is 16.6 Å². The van der Waals surface area contributed by atoms with E-state index in [0.29, 0.717) is 6.42 Å². The van der Waals surface area contributed by atoms with Crippen LogP contribution in [-0.2, 0) is 11.2 Å². The van der Waals surface area contributed by atoms with E-state index in [1.165, 1.54) is 5.56 Å². The van der Waals surface area contributed by atoms with Crippen LogP contribution in [0, 0.1) is 0 Å². The normalized spacial score (nSPS) is 12.2. The zero-order chi connectivity index (χ0) is 12.1. The van der Waals surface area contributed by atoms with Crippen LogP contribution in [0.4, 0.5) is 0 Å². The summed E-state index contributed by atoms with van der Waals surface area (Å²) in [6.07, 6.45) is 2.40. The maximum absolute atomic E-state index is 10.6. The molecule has 0 fully saturated rings. The third kappa shape index (κ3) is 2.85. The Hall–Kier alpha value is -0.830. The molecule has 16 heavy (non-hydrogen) atoms. The van der Waals surface area contributed by atoms with Gasteiger partial charge in [0.2, 0.25) is 0 Å². The fraction of sp³-hybridized carbons (Fsp3) is 0.462. The first kappa shape index (κ1) is 13.2. The van der Waals surface area contributed by atoms with Crippen molar-refractivity contribution in [3.05, 3.63) is 27.7 Å². The van der Waals surface area contributed by atoms with Gasteiger partial charge in [-0.3, -0.25) is 0 Å². The summed E-state index contributed by atoms with van der Waals surface area (Å²) in [4.78, 5) is 10.6. The highest BCUT2D eigenvalue weighted by Gasteiger charge is 2.15. The smallest absolute Gasteiger partial charge is 0.125 e. The van der Waals surface area contributed by atoms with Crippen molar-refractivity contribution in [3.8, 4) is 5.75 Å². The Labute approximate surface area is 105 Å². The molecule has 0 aliphatic heterocycles. The second-order valence-electron chi connectivity index (χ2n) is 3.84. The van der Waals surface area contributed by atoms with Crippen LogP contribution in [0.25, 0.3) is 0 Å². The minimum Gasteiger partial charge on any atom is -0.496 e. The second-order valence-corrected chi connectivity index (χ2v) is 4.76. The van der Waals surface area contributed by atoms with Gasteiger partial charge in [-0.25, -0.2) is 0 Å². The molecule has 0 amide bonds. The van der Waals surface area contributed by atoms with E-state index in [9.17, 15) is 4.79 Å².